The van der Waals surface area contributed by atoms with Gasteiger partial charge in [0.2, 0.25) is 0 Å². The lowest BCUT2D eigenvalue weighted by Crippen LogP contribution is -2.12. The van der Waals surface area contributed by atoms with E-state index in [1.165, 1.54) is 0 Å². The summed E-state index contributed by atoms with van der Waals surface area (Å²) in [6.45, 7) is 5.78. The Hall–Kier alpha value is -1.72. The second kappa shape index (κ2) is 7.33. The highest BCUT2D eigenvalue weighted by atomic mass is 35.5. The van der Waals surface area contributed by atoms with Gasteiger partial charge in [0.25, 0.3) is 0 Å². The minimum Gasteiger partial charge on any atom is -0.493 e. The molecule has 0 aliphatic rings. The lowest BCUT2D eigenvalue weighted by molar-refractivity contribution is 0.239. The van der Waals surface area contributed by atoms with Crippen LogP contribution in [0.2, 0.25) is 5.02 Å². The summed E-state index contributed by atoms with van der Waals surface area (Å²) in [5.41, 5.74) is 1.86. The summed E-state index contributed by atoms with van der Waals surface area (Å²) in [5.74, 6) is 1.75. The lowest BCUT2D eigenvalue weighted by Gasteiger charge is -2.13. The zero-order valence-corrected chi connectivity index (χ0v) is 13.2. The number of hydrogen-bond acceptors (Lipinski definition) is 5. The van der Waals surface area contributed by atoms with E-state index in [9.17, 15) is 0 Å². The quantitative estimate of drug-likeness (QED) is 0.850. The number of nitrogens with zero attached hydrogens (tertiary/aromatic N) is 1. The van der Waals surface area contributed by atoms with Crippen LogP contribution in [0.4, 0.5) is 0 Å². The summed E-state index contributed by atoms with van der Waals surface area (Å²) < 4.78 is 16.2. The number of benzene rings is 1. The maximum Gasteiger partial charge on any atom is 0.180 e. The highest BCUT2D eigenvalue weighted by molar-refractivity contribution is 6.32. The van der Waals surface area contributed by atoms with E-state index in [0.717, 1.165) is 24.3 Å². The van der Waals surface area contributed by atoms with Gasteiger partial charge in [0.1, 0.15) is 6.61 Å². The van der Waals surface area contributed by atoms with Gasteiger partial charge in [-0.15, -0.1) is 0 Å². The molecule has 1 N–H and O–H groups in total. The lowest BCUT2D eigenvalue weighted by atomic mass is 10.2. The van der Waals surface area contributed by atoms with Gasteiger partial charge in [0.05, 0.1) is 17.8 Å². The van der Waals surface area contributed by atoms with Crippen molar-refractivity contribution in [3.8, 4) is 11.5 Å². The molecule has 0 aliphatic heterocycles. The second-order valence-electron chi connectivity index (χ2n) is 4.61. The van der Waals surface area contributed by atoms with Gasteiger partial charge in [-0.1, -0.05) is 23.7 Å². The topological polar surface area (TPSA) is 56.5 Å². The zero-order valence-electron chi connectivity index (χ0n) is 12.4. The number of nitrogens with one attached hydrogen (secondary N) is 1. The second-order valence-corrected chi connectivity index (χ2v) is 5.02. The Bertz CT molecular complexity index is 599. The molecule has 0 radical (unpaired) electrons. The maximum atomic E-state index is 6.28. The Morgan fingerprint density at radius 3 is 2.76 bits per heavy atom. The molecule has 0 bridgehead atoms. The fourth-order valence-electron chi connectivity index (χ4n) is 1.91. The average Bonchev–Trinajstić information content (AvgIpc) is 2.89. The number of ether oxygens (including phenoxy) is 2. The highest BCUT2D eigenvalue weighted by Crippen LogP contribution is 2.37. The van der Waals surface area contributed by atoms with Crippen LogP contribution in [0.3, 0.4) is 0 Å². The van der Waals surface area contributed by atoms with Crippen molar-refractivity contribution >= 4 is 11.6 Å². The molecule has 0 saturated carbocycles. The van der Waals surface area contributed by atoms with E-state index >= 15 is 0 Å². The molecule has 1 aromatic heterocycles. The van der Waals surface area contributed by atoms with Crippen molar-refractivity contribution in [2.75, 3.05) is 13.7 Å². The summed E-state index contributed by atoms with van der Waals surface area (Å²) in [4.78, 5) is 0. The number of halogens is 1. The molecular formula is C15H19ClN2O3. The predicted octanol–water partition coefficient (Wildman–Crippen LogP) is 3.33. The maximum absolute atomic E-state index is 6.28. The molecule has 2 rings (SSSR count). The van der Waals surface area contributed by atoms with Crippen LogP contribution in [-0.4, -0.2) is 18.8 Å². The zero-order chi connectivity index (χ0) is 15.2. The number of aromatic nitrogens is 1. The normalized spacial score (nSPS) is 10.7. The molecule has 1 aromatic carbocycles. The highest BCUT2D eigenvalue weighted by Gasteiger charge is 2.13. The largest absolute Gasteiger partial charge is 0.493 e. The Labute approximate surface area is 129 Å². The van der Waals surface area contributed by atoms with Crippen molar-refractivity contribution < 1.29 is 14.0 Å². The van der Waals surface area contributed by atoms with E-state index in [0.29, 0.717) is 22.3 Å². The fraction of sp³-hybridized carbons (Fsp3) is 0.400. The van der Waals surface area contributed by atoms with Crippen molar-refractivity contribution in [1.82, 2.24) is 10.5 Å². The van der Waals surface area contributed by atoms with Gasteiger partial charge >= 0.3 is 0 Å². The van der Waals surface area contributed by atoms with E-state index in [1.54, 1.807) is 7.11 Å². The van der Waals surface area contributed by atoms with Crippen LogP contribution >= 0.6 is 11.6 Å². The third-order valence-corrected chi connectivity index (χ3v) is 3.18. The molecule has 0 aliphatic carbocycles. The van der Waals surface area contributed by atoms with Crippen molar-refractivity contribution in [3.63, 3.8) is 0 Å². The van der Waals surface area contributed by atoms with Crippen LogP contribution in [0, 0.1) is 6.92 Å². The SMILES string of the molecule is CCNCc1cc(Cl)c(OCc2cc(C)no2)c(OC)c1. The first-order valence-electron chi connectivity index (χ1n) is 6.76. The summed E-state index contributed by atoms with van der Waals surface area (Å²) in [6.07, 6.45) is 0. The summed E-state index contributed by atoms with van der Waals surface area (Å²) in [5, 5.41) is 7.57. The molecule has 0 unspecified atom stereocenters. The van der Waals surface area contributed by atoms with Crippen molar-refractivity contribution in [2.45, 2.75) is 27.0 Å². The van der Waals surface area contributed by atoms with Gasteiger partial charge in [-0.05, 0) is 31.2 Å². The van der Waals surface area contributed by atoms with Crippen molar-refractivity contribution in [3.05, 3.63) is 40.2 Å². The number of rotatable bonds is 7. The molecule has 0 spiro atoms. The van der Waals surface area contributed by atoms with E-state index in [1.807, 2.05) is 25.1 Å². The minimum atomic E-state index is 0.253. The van der Waals surface area contributed by atoms with Gasteiger partial charge in [-0.3, -0.25) is 0 Å². The molecule has 21 heavy (non-hydrogen) atoms. The van der Waals surface area contributed by atoms with E-state index in [-0.39, 0.29) is 6.61 Å². The molecule has 5 nitrogen and oxygen atoms in total. The number of aryl methyl sites for hydroxylation is 1. The third-order valence-electron chi connectivity index (χ3n) is 2.90. The first-order chi connectivity index (χ1) is 10.1. The van der Waals surface area contributed by atoms with Crippen LogP contribution in [-0.2, 0) is 13.2 Å². The van der Waals surface area contributed by atoms with E-state index in [2.05, 4.69) is 17.4 Å². The average molecular weight is 311 g/mol. The molecule has 6 heteroatoms. The Morgan fingerprint density at radius 2 is 2.14 bits per heavy atom. The van der Waals surface area contributed by atoms with Crippen LogP contribution in [0.15, 0.2) is 22.7 Å². The van der Waals surface area contributed by atoms with Gasteiger partial charge < -0.3 is 19.3 Å². The molecule has 0 saturated heterocycles. The van der Waals surface area contributed by atoms with Gasteiger partial charge in [0, 0.05) is 12.6 Å². The van der Waals surface area contributed by atoms with Crippen LogP contribution in [0.25, 0.3) is 0 Å². The number of hydrogen-bond donors (Lipinski definition) is 1. The summed E-state index contributed by atoms with van der Waals surface area (Å²) >= 11 is 6.28. The molecule has 0 atom stereocenters. The smallest absolute Gasteiger partial charge is 0.180 e. The standard InChI is InChI=1S/C15H19ClN2O3/c1-4-17-8-11-6-13(16)15(14(7-11)19-3)20-9-12-5-10(2)18-21-12/h5-7,17H,4,8-9H2,1-3H3. The summed E-state index contributed by atoms with van der Waals surface area (Å²) in [6, 6.07) is 5.60. The predicted molar refractivity (Wildman–Crippen MR) is 81.0 cm³/mol. The Balaban J connectivity index is 2.14. The first-order valence-corrected chi connectivity index (χ1v) is 7.14. The Morgan fingerprint density at radius 1 is 1.33 bits per heavy atom. The van der Waals surface area contributed by atoms with E-state index in [4.69, 9.17) is 25.6 Å². The molecular weight excluding hydrogens is 292 g/mol. The molecule has 114 valence electrons. The van der Waals surface area contributed by atoms with Crippen LogP contribution in [0.1, 0.15) is 23.9 Å². The third kappa shape index (κ3) is 4.12. The Kier molecular flexibility index (Phi) is 5.47. The monoisotopic (exact) mass is 310 g/mol. The van der Waals surface area contributed by atoms with Crippen molar-refractivity contribution in [1.29, 1.82) is 0 Å². The summed E-state index contributed by atoms with van der Waals surface area (Å²) in [7, 11) is 1.59. The molecule has 1 heterocycles. The number of methoxy groups -OCH3 is 1. The van der Waals surface area contributed by atoms with Gasteiger partial charge in [-0.25, -0.2) is 0 Å². The fourth-order valence-corrected chi connectivity index (χ4v) is 2.20. The first kappa shape index (κ1) is 15.7. The van der Waals surface area contributed by atoms with Gasteiger partial charge in [0.15, 0.2) is 17.3 Å². The molecule has 0 amide bonds. The molecule has 0 fully saturated rings. The van der Waals surface area contributed by atoms with Crippen molar-refractivity contribution in [2.24, 2.45) is 0 Å². The minimum absolute atomic E-state index is 0.253. The van der Waals surface area contributed by atoms with Crippen LogP contribution < -0.4 is 14.8 Å². The molecule has 2 aromatic rings. The van der Waals surface area contributed by atoms with Crippen LogP contribution in [0.5, 0.6) is 11.5 Å². The van der Waals surface area contributed by atoms with E-state index < -0.39 is 0 Å². The van der Waals surface area contributed by atoms with Gasteiger partial charge in [-0.2, -0.15) is 0 Å².